The van der Waals surface area contributed by atoms with Crippen LogP contribution >= 0.6 is 0 Å². The number of hydrogen-bond donors (Lipinski definition) is 2. The van der Waals surface area contributed by atoms with E-state index in [1.807, 2.05) is 54.9 Å². The first kappa shape index (κ1) is 15.4. The van der Waals surface area contributed by atoms with Crippen molar-refractivity contribution in [2.45, 2.75) is 32.2 Å². The summed E-state index contributed by atoms with van der Waals surface area (Å²) in [4.78, 5) is 4.12. The molecular weight excluding hydrogens is 284 g/mol. The summed E-state index contributed by atoms with van der Waals surface area (Å²) in [6, 6.07) is 13.9. The zero-order valence-corrected chi connectivity index (χ0v) is 13.4. The third-order valence-electron chi connectivity index (χ3n) is 4.07. The van der Waals surface area contributed by atoms with E-state index >= 15 is 0 Å². The summed E-state index contributed by atoms with van der Waals surface area (Å²) >= 11 is 0. The van der Waals surface area contributed by atoms with Gasteiger partial charge in [0.2, 0.25) is 0 Å². The minimum absolute atomic E-state index is 0.244. The maximum absolute atomic E-state index is 6.50. The zero-order valence-electron chi connectivity index (χ0n) is 13.4. The van der Waals surface area contributed by atoms with Gasteiger partial charge in [-0.25, -0.2) is 0 Å². The van der Waals surface area contributed by atoms with Crippen LogP contribution in [0.2, 0.25) is 0 Å². The fraction of sp³-hybridized carbons (Fsp3) is 0.263. The van der Waals surface area contributed by atoms with Crippen LogP contribution in [0.5, 0.6) is 0 Å². The van der Waals surface area contributed by atoms with E-state index in [1.165, 1.54) is 0 Å². The lowest BCUT2D eigenvalue weighted by molar-refractivity contribution is 0.769. The summed E-state index contributed by atoms with van der Waals surface area (Å²) in [6.07, 6.45) is 6.87. The molecule has 0 aliphatic heterocycles. The molecule has 0 spiro atoms. The van der Waals surface area contributed by atoms with Crippen LogP contribution in [0.4, 0.5) is 0 Å². The Morgan fingerprint density at radius 3 is 2.52 bits per heavy atom. The molecule has 0 radical (unpaired) electrons. The summed E-state index contributed by atoms with van der Waals surface area (Å²) in [5.74, 6) is 0. The van der Waals surface area contributed by atoms with Gasteiger partial charge < -0.3 is 5.73 Å². The predicted molar refractivity (Wildman–Crippen MR) is 92.9 cm³/mol. The highest BCUT2D eigenvalue weighted by Crippen LogP contribution is 2.32. The maximum Gasteiger partial charge on any atom is 0.0915 e. The molecule has 3 aromatic rings. The van der Waals surface area contributed by atoms with E-state index in [9.17, 15) is 0 Å². The topological polar surface area (TPSA) is 67.6 Å². The van der Waals surface area contributed by atoms with E-state index < -0.39 is 0 Å². The molecule has 0 saturated heterocycles. The molecule has 3 N–H and O–H groups in total. The Morgan fingerprint density at radius 1 is 1.09 bits per heavy atom. The molecule has 3 rings (SSSR count). The maximum atomic E-state index is 6.50. The van der Waals surface area contributed by atoms with Gasteiger partial charge in [-0.1, -0.05) is 43.7 Å². The number of nitrogens with two attached hydrogens (primary N) is 1. The summed E-state index contributed by atoms with van der Waals surface area (Å²) in [7, 11) is 0. The number of aryl methyl sites for hydroxylation is 1. The lowest BCUT2D eigenvalue weighted by Gasteiger charge is -2.13. The van der Waals surface area contributed by atoms with Crippen molar-refractivity contribution in [2.24, 2.45) is 5.73 Å². The van der Waals surface area contributed by atoms with Crippen molar-refractivity contribution in [1.82, 2.24) is 15.2 Å². The lowest BCUT2D eigenvalue weighted by Crippen LogP contribution is -2.13. The fourth-order valence-electron chi connectivity index (χ4n) is 2.81. The number of nitrogens with zero attached hydrogens (tertiary/aromatic N) is 2. The first-order chi connectivity index (χ1) is 11.3. The molecule has 0 amide bonds. The van der Waals surface area contributed by atoms with E-state index in [-0.39, 0.29) is 6.04 Å². The second-order valence-corrected chi connectivity index (χ2v) is 5.69. The SMILES string of the molecule is CCCCc1[nH]nc([C@H](N)c2ccccc2)c1-c1ccncc1. The molecule has 1 atom stereocenters. The smallest absolute Gasteiger partial charge is 0.0915 e. The summed E-state index contributed by atoms with van der Waals surface area (Å²) in [5, 5.41) is 7.76. The average molecular weight is 306 g/mol. The highest BCUT2D eigenvalue weighted by atomic mass is 15.1. The largest absolute Gasteiger partial charge is 0.319 e. The number of nitrogens with one attached hydrogen (secondary N) is 1. The molecule has 0 fully saturated rings. The Bertz CT molecular complexity index is 735. The molecule has 118 valence electrons. The number of pyridine rings is 1. The molecular formula is C19H22N4. The zero-order chi connectivity index (χ0) is 16.1. The third-order valence-corrected chi connectivity index (χ3v) is 4.07. The third kappa shape index (κ3) is 3.32. The van der Waals surface area contributed by atoms with Crippen molar-refractivity contribution in [1.29, 1.82) is 0 Å². The number of hydrogen-bond acceptors (Lipinski definition) is 3. The summed E-state index contributed by atoms with van der Waals surface area (Å²) in [5.41, 5.74) is 11.8. The number of aromatic nitrogens is 3. The minimum atomic E-state index is -0.244. The van der Waals surface area contributed by atoms with Gasteiger partial charge in [-0.2, -0.15) is 5.10 Å². The fourth-order valence-corrected chi connectivity index (χ4v) is 2.81. The number of rotatable bonds is 6. The predicted octanol–water partition coefficient (Wildman–Crippen LogP) is 3.86. The van der Waals surface area contributed by atoms with Crippen LogP contribution in [0, 0.1) is 0 Å². The molecule has 2 aromatic heterocycles. The van der Waals surface area contributed by atoms with Crippen LogP contribution in [0.25, 0.3) is 11.1 Å². The molecule has 0 bridgehead atoms. The monoisotopic (exact) mass is 306 g/mol. The molecule has 4 nitrogen and oxygen atoms in total. The van der Waals surface area contributed by atoms with Crippen LogP contribution in [0.1, 0.15) is 42.8 Å². The van der Waals surface area contributed by atoms with Crippen molar-refractivity contribution >= 4 is 0 Å². The Morgan fingerprint density at radius 2 is 1.83 bits per heavy atom. The van der Waals surface area contributed by atoms with E-state index in [1.54, 1.807) is 0 Å². The molecule has 1 aromatic carbocycles. The molecule has 0 saturated carbocycles. The van der Waals surface area contributed by atoms with Gasteiger partial charge in [0.25, 0.3) is 0 Å². The summed E-state index contributed by atoms with van der Waals surface area (Å²) in [6.45, 7) is 2.19. The lowest BCUT2D eigenvalue weighted by atomic mass is 9.95. The van der Waals surface area contributed by atoms with E-state index in [2.05, 4.69) is 22.1 Å². The molecule has 0 unspecified atom stereocenters. The van der Waals surface area contributed by atoms with Gasteiger partial charge in [0, 0.05) is 23.7 Å². The Balaban J connectivity index is 2.05. The van der Waals surface area contributed by atoms with Crippen molar-refractivity contribution in [2.75, 3.05) is 0 Å². The van der Waals surface area contributed by atoms with Gasteiger partial charge in [0.15, 0.2) is 0 Å². The van der Waals surface area contributed by atoms with Crippen LogP contribution < -0.4 is 5.73 Å². The van der Waals surface area contributed by atoms with Crippen molar-refractivity contribution in [3.05, 3.63) is 71.8 Å². The second kappa shape index (κ2) is 7.20. The first-order valence-corrected chi connectivity index (χ1v) is 8.09. The standard InChI is InChI=1S/C19H22N4/c1-2-3-9-16-17(14-10-12-21-13-11-14)19(23-22-16)18(20)15-7-5-4-6-8-15/h4-8,10-13,18H,2-3,9,20H2,1H3,(H,22,23)/t18-/m1/s1. The molecule has 2 heterocycles. The molecule has 4 heteroatoms. The normalized spacial score (nSPS) is 12.3. The van der Waals surface area contributed by atoms with E-state index in [0.717, 1.165) is 47.3 Å². The van der Waals surface area contributed by atoms with E-state index in [4.69, 9.17) is 5.73 Å². The minimum Gasteiger partial charge on any atom is -0.319 e. The Hall–Kier alpha value is -2.46. The highest BCUT2D eigenvalue weighted by molar-refractivity contribution is 5.69. The molecule has 23 heavy (non-hydrogen) atoms. The van der Waals surface area contributed by atoms with Crippen molar-refractivity contribution in [3.8, 4) is 11.1 Å². The quantitative estimate of drug-likeness (QED) is 0.726. The van der Waals surface area contributed by atoms with Crippen molar-refractivity contribution in [3.63, 3.8) is 0 Å². The van der Waals surface area contributed by atoms with E-state index in [0.29, 0.717) is 0 Å². The van der Waals surface area contributed by atoms with Gasteiger partial charge in [-0.15, -0.1) is 0 Å². The van der Waals surface area contributed by atoms with Crippen LogP contribution in [-0.4, -0.2) is 15.2 Å². The van der Waals surface area contributed by atoms with Gasteiger partial charge in [-0.05, 0) is 36.1 Å². The number of aromatic amines is 1. The van der Waals surface area contributed by atoms with Gasteiger partial charge >= 0.3 is 0 Å². The van der Waals surface area contributed by atoms with Gasteiger partial charge in [-0.3, -0.25) is 10.1 Å². The van der Waals surface area contributed by atoms with Gasteiger partial charge in [0.05, 0.1) is 11.7 Å². The van der Waals surface area contributed by atoms with Crippen LogP contribution in [0.15, 0.2) is 54.9 Å². The highest BCUT2D eigenvalue weighted by Gasteiger charge is 2.21. The van der Waals surface area contributed by atoms with Crippen molar-refractivity contribution < 1.29 is 0 Å². The average Bonchev–Trinajstić information content (AvgIpc) is 3.04. The number of unbranched alkanes of at least 4 members (excludes halogenated alkanes) is 1. The summed E-state index contributed by atoms with van der Waals surface area (Å²) < 4.78 is 0. The first-order valence-electron chi connectivity index (χ1n) is 8.09. The van der Waals surface area contributed by atoms with Crippen LogP contribution in [-0.2, 0) is 6.42 Å². The molecule has 0 aliphatic carbocycles. The Labute approximate surface area is 136 Å². The number of benzene rings is 1. The number of H-pyrrole nitrogens is 1. The Kier molecular flexibility index (Phi) is 4.83. The van der Waals surface area contributed by atoms with Gasteiger partial charge in [0.1, 0.15) is 0 Å². The second-order valence-electron chi connectivity index (χ2n) is 5.69. The molecule has 0 aliphatic rings. The van der Waals surface area contributed by atoms with Crippen LogP contribution in [0.3, 0.4) is 0 Å².